The number of hydrogen-bond donors (Lipinski definition) is 0. The summed E-state index contributed by atoms with van der Waals surface area (Å²) in [5.41, 5.74) is 10.8. The highest BCUT2D eigenvalue weighted by Crippen LogP contribution is 2.42. The topological polar surface area (TPSA) is 119 Å². The Bertz CT molecular complexity index is 2770. The number of amides is 2. The molecule has 0 unspecified atom stereocenters. The summed E-state index contributed by atoms with van der Waals surface area (Å²) in [5.74, 6) is 1.83. The van der Waals surface area contributed by atoms with E-state index >= 15 is 0 Å². The van der Waals surface area contributed by atoms with Crippen molar-refractivity contribution in [2.24, 2.45) is 0 Å². The van der Waals surface area contributed by atoms with E-state index in [0.29, 0.717) is 94.6 Å². The Morgan fingerprint density at radius 3 is 2.13 bits per heavy atom. The van der Waals surface area contributed by atoms with Crippen molar-refractivity contribution in [3.05, 3.63) is 136 Å². The maximum Gasteiger partial charge on any atom is 0.258 e. The van der Waals surface area contributed by atoms with E-state index in [9.17, 15) is 14.4 Å². The number of anilines is 3. The van der Waals surface area contributed by atoms with E-state index in [1.54, 1.807) is 20.3 Å². The number of methoxy groups -OCH3 is 2. The maximum atomic E-state index is 14.3. The van der Waals surface area contributed by atoms with Crippen LogP contribution in [0.1, 0.15) is 86.7 Å². The molecule has 5 aromatic carbocycles. The minimum Gasteiger partial charge on any atom is -0.493 e. The minimum absolute atomic E-state index is 0.0458. The normalized spacial score (nSPS) is 16.6. The number of rotatable bonds is 22. The summed E-state index contributed by atoms with van der Waals surface area (Å²) in [4.78, 5) is 47.0. The molecular formula is C57H64N4O9. The molecule has 0 aliphatic carbocycles. The Hall–Kier alpha value is -6.54. The van der Waals surface area contributed by atoms with Crippen molar-refractivity contribution in [2.75, 3.05) is 82.1 Å². The van der Waals surface area contributed by atoms with E-state index in [4.69, 9.17) is 28.4 Å². The van der Waals surface area contributed by atoms with Gasteiger partial charge in [-0.2, -0.15) is 0 Å². The molecule has 2 atom stereocenters. The first-order valence-electron chi connectivity index (χ1n) is 24.6. The highest BCUT2D eigenvalue weighted by molar-refractivity contribution is 6.13. The summed E-state index contributed by atoms with van der Waals surface area (Å²) in [6.07, 6.45) is 8.41. The highest BCUT2D eigenvalue weighted by Gasteiger charge is 2.38. The van der Waals surface area contributed by atoms with Crippen LogP contribution in [0.3, 0.4) is 0 Å². The van der Waals surface area contributed by atoms with Crippen LogP contribution in [-0.2, 0) is 51.5 Å². The highest BCUT2D eigenvalue weighted by atomic mass is 16.5. The Labute approximate surface area is 411 Å². The van der Waals surface area contributed by atoms with Crippen LogP contribution < -0.4 is 28.9 Å². The molecule has 4 aliphatic heterocycles. The van der Waals surface area contributed by atoms with Gasteiger partial charge < -0.3 is 47.7 Å². The van der Waals surface area contributed by atoms with Crippen molar-refractivity contribution in [3.8, 4) is 17.2 Å². The molecule has 0 N–H and O–H groups in total. The third-order valence-corrected chi connectivity index (χ3v) is 13.9. The molecule has 13 heteroatoms. The van der Waals surface area contributed by atoms with Crippen molar-refractivity contribution >= 4 is 46.6 Å². The Morgan fingerprint density at radius 2 is 1.40 bits per heavy atom. The molecule has 5 aromatic rings. The summed E-state index contributed by atoms with van der Waals surface area (Å²) in [6.45, 7) is 7.95. The quantitative estimate of drug-likeness (QED) is 0.0379. The van der Waals surface area contributed by atoms with Gasteiger partial charge in [0.2, 0.25) is 5.91 Å². The van der Waals surface area contributed by atoms with Crippen molar-refractivity contribution in [1.82, 2.24) is 0 Å². The first kappa shape index (κ1) is 48.5. The van der Waals surface area contributed by atoms with Gasteiger partial charge in [-0.1, -0.05) is 43.3 Å². The predicted octanol–water partition coefficient (Wildman–Crippen LogP) is 8.73. The largest absolute Gasteiger partial charge is 0.493 e. The fourth-order valence-electron chi connectivity index (χ4n) is 10.2. The number of nitrogens with zero attached hydrogens (tertiary/aromatic N) is 4. The van der Waals surface area contributed by atoms with Gasteiger partial charge in [0.1, 0.15) is 37.5 Å². The molecule has 0 saturated carbocycles. The Balaban J connectivity index is 0.987. The molecule has 0 bridgehead atoms. The van der Waals surface area contributed by atoms with E-state index in [1.165, 1.54) is 5.56 Å². The van der Waals surface area contributed by atoms with Crippen LogP contribution in [0.2, 0.25) is 0 Å². The molecule has 9 rings (SSSR count). The fraction of sp³-hybridized carbons (Fsp3) is 0.404. The number of carbonyl (C=O) groups is 3. The Kier molecular flexibility index (Phi) is 15.3. The minimum atomic E-state index is -0.239. The van der Waals surface area contributed by atoms with Crippen LogP contribution in [0.15, 0.2) is 91.0 Å². The second kappa shape index (κ2) is 22.0. The second-order valence-corrected chi connectivity index (χ2v) is 18.5. The molecule has 13 nitrogen and oxygen atoms in total. The zero-order valence-corrected chi connectivity index (χ0v) is 41.1. The monoisotopic (exact) mass is 948 g/mol. The molecule has 0 spiro atoms. The van der Waals surface area contributed by atoms with Crippen LogP contribution in [-0.4, -0.2) is 108 Å². The number of fused-ring (bicyclic) bond motifs is 8. The predicted molar refractivity (Wildman–Crippen MR) is 270 cm³/mol. The fourth-order valence-corrected chi connectivity index (χ4v) is 10.2. The van der Waals surface area contributed by atoms with Gasteiger partial charge in [0.05, 0.1) is 45.8 Å². The number of ketones is 1. The molecule has 0 saturated heterocycles. The van der Waals surface area contributed by atoms with Gasteiger partial charge in [0.15, 0.2) is 5.75 Å². The molecule has 0 aromatic heterocycles. The Morgan fingerprint density at radius 1 is 0.729 bits per heavy atom. The van der Waals surface area contributed by atoms with Crippen molar-refractivity contribution in [2.45, 2.75) is 84.1 Å². The van der Waals surface area contributed by atoms with Gasteiger partial charge in [-0.05, 0) is 127 Å². The first-order chi connectivity index (χ1) is 34.1. The van der Waals surface area contributed by atoms with E-state index in [0.717, 1.165) is 75.5 Å². The SMILES string of the molecule is CCC(=O)CCCN(CCOCCOCCOC)c1cc(COc2cc3c(cc2C)C(=O)N2c4ccccc4C[C@H]2CC3)cc(COc2cc3c(cc2OC)C(=O)N2c4ccccc4C[C@H]2[C-]=[N+]3C)c1. The number of para-hydroxylation sites is 2. The van der Waals surface area contributed by atoms with Gasteiger partial charge in [-0.3, -0.25) is 14.4 Å². The molecule has 366 valence electrons. The first-order valence-corrected chi connectivity index (χ1v) is 24.6. The van der Waals surface area contributed by atoms with Crippen LogP contribution in [0.4, 0.5) is 22.7 Å². The average molecular weight is 949 g/mol. The molecule has 4 heterocycles. The van der Waals surface area contributed by atoms with E-state index in [-0.39, 0.29) is 42.9 Å². The number of ether oxygens (including phenoxy) is 6. The lowest BCUT2D eigenvalue weighted by Gasteiger charge is -2.26. The van der Waals surface area contributed by atoms with Gasteiger partial charge in [0, 0.05) is 79.5 Å². The van der Waals surface area contributed by atoms with Crippen LogP contribution in [0, 0.1) is 6.92 Å². The number of hydrogen-bond acceptors (Lipinski definition) is 10. The third-order valence-electron chi connectivity index (χ3n) is 13.9. The number of benzene rings is 5. The standard InChI is InChI=1S/C57H64N4O9/c1-6-47(62)14-11-19-59(20-21-67-24-25-68-23-22-65-4)45-28-39(36-69-53-32-41-17-18-44-30-42-12-7-9-15-50(42)60(44)56(63)48(41)26-38(53)2)27-40(29-45)37-70-55-34-52-49(33-54(55)66-5)57(64)61-46(35-58(52)3)31-43-13-8-10-16-51(43)61/h7-10,12-13,15-16,26-29,32-34,44,46H,6,11,14,17-25,30-31,36-37H2,1-5H3/t44-,46+/m1/s1. The maximum absolute atomic E-state index is 14.3. The molecule has 4 aliphatic rings. The number of aryl methyl sites for hydroxylation is 2. The number of Topliss-reactive ketones (excluding diaryl/α,β-unsaturated/α-hetero) is 1. The van der Waals surface area contributed by atoms with Gasteiger partial charge in [-0.15, -0.1) is 0 Å². The van der Waals surface area contributed by atoms with Crippen LogP contribution in [0.25, 0.3) is 0 Å². The van der Waals surface area contributed by atoms with Crippen LogP contribution >= 0.6 is 0 Å². The molecular weight excluding hydrogens is 885 g/mol. The van der Waals surface area contributed by atoms with E-state index in [2.05, 4.69) is 53.6 Å². The third kappa shape index (κ3) is 10.5. The zero-order chi connectivity index (χ0) is 48.7. The zero-order valence-electron chi connectivity index (χ0n) is 41.1. The second-order valence-electron chi connectivity index (χ2n) is 18.5. The van der Waals surface area contributed by atoms with Gasteiger partial charge >= 0.3 is 0 Å². The molecule has 2 amide bonds. The summed E-state index contributed by atoms with van der Waals surface area (Å²) >= 11 is 0. The lowest BCUT2D eigenvalue weighted by molar-refractivity contribution is -0.401. The summed E-state index contributed by atoms with van der Waals surface area (Å²) < 4.78 is 37.9. The lowest BCUT2D eigenvalue weighted by Crippen LogP contribution is -2.38. The van der Waals surface area contributed by atoms with Crippen molar-refractivity contribution < 1.29 is 47.4 Å². The lowest BCUT2D eigenvalue weighted by atomic mass is 9.98. The van der Waals surface area contributed by atoms with Crippen molar-refractivity contribution in [1.29, 1.82) is 0 Å². The molecule has 70 heavy (non-hydrogen) atoms. The average Bonchev–Trinajstić information content (AvgIpc) is 3.87. The molecule has 0 fully saturated rings. The number of carbonyl (C=O) groups excluding carboxylic acids is 3. The van der Waals surface area contributed by atoms with Crippen LogP contribution in [0.5, 0.6) is 17.2 Å². The summed E-state index contributed by atoms with van der Waals surface area (Å²) in [6, 6.07) is 30.1. The smallest absolute Gasteiger partial charge is 0.258 e. The van der Waals surface area contributed by atoms with Gasteiger partial charge in [-0.25, -0.2) is 0 Å². The van der Waals surface area contributed by atoms with Gasteiger partial charge in [0.25, 0.3) is 5.91 Å². The van der Waals surface area contributed by atoms with Crippen molar-refractivity contribution in [3.63, 3.8) is 0 Å². The van der Waals surface area contributed by atoms with E-state index < -0.39 is 0 Å². The van der Waals surface area contributed by atoms with E-state index in [1.807, 2.05) is 77.7 Å². The molecule has 0 radical (unpaired) electrons. The summed E-state index contributed by atoms with van der Waals surface area (Å²) in [5, 5.41) is 0. The summed E-state index contributed by atoms with van der Waals surface area (Å²) in [7, 11) is 5.14.